The largest absolute Gasteiger partial charge is 0.303 e. The summed E-state index contributed by atoms with van der Waals surface area (Å²) >= 11 is 0. The molecule has 0 amide bonds. The van der Waals surface area contributed by atoms with Crippen LogP contribution in [0.3, 0.4) is 0 Å². The second-order valence-corrected chi connectivity index (χ2v) is 3.94. The fraction of sp³-hybridized carbons (Fsp3) is 0.750. The summed E-state index contributed by atoms with van der Waals surface area (Å²) in [4.78, 5) is 10.2. The molecule has 0 radical (unpaired) electrons. The van der Waals surface area contributed by atoms with Gasteiger partial charge in [0.05, 0.1) is 0 Å². The van der Waals surface area contributed by atoms with Gasteiger partial charge in [0, 0.05) is 6.42 Å². The molecule has 0 aromatic heterocycles. The van der Waals surface area contributed by atoms with Crippen LogP contribution >= 0.6 is 0 Å². The molecule has 0 rings (SSSR count). The lowest BCUT2D eigenvalue weighted by atomic mass is 10.0. The van der Waals surface area contributed by atoms with Crippen molar-refractivity contribution in [3.8, 4) is 0 Å². The zero-order valence-electron chi connectivity index (χ0n) is 9.12. The molecule has 0 N–H and O–H groups in total. The number of carbonyl (C=O) groups excluding carboxylic acids is 1. The van der Waals surface area contributed by atoms with Gasteiger partial charge in [-0.1, -0.05) is 45.8 Å². The first-order valence-electron chi connectivity index (χ1n) is 5.31. The Hall–Kier alpha value is -0.590. The predicted octanol–water partition coefficient (Wildman–Crippen LogP) is 3.59. The Balaban J connectivity index is 3.54. The quantitative estimate of drug-likeness (QED) is 0.434. The van der Waals surface area contributed by atoms with Gasteiger partial charge in [-0.3, -0.25) is 0 Å². The normalized spacial score (nSPS) is 15.9. The third-order valence-corrected chi connectivity index (χ3v) is 2.25. The molecule has 0 aliphatic carbocycles. The minimum Gasteiger partial charge on any atom is -0.303 e. The van der Waals surface area contributed by atoms with E-state index in [9.17, 15) is 4.79 Å². The molecular formula is C12H22O. The Kier molecular flexibility index (Phi) is 7.66. The first-order valence-corrected chi connectivity index (χ1v) is 5.31. The van der Waals surface area contributed by atoms with Crippen LogP contribution in [-0.2, 0) is 4.79 Å². The number of hydrogen-bond donors (Lipinski definition) is 0. The van der Waals surface area contributed by atoms with Gasteiger partial charge in [0.25, 0.3) is 0 Å². The first kappa shape index (κ1) is 12.4. The van der Waals surface area contributed by atoms with E-state index in [1.165, 1.54) is 12.8 Å². The highest BCUT2D eigenvalue weighted by Gasteiger charge is 1.98. The highest BCUT2D eigenvalue weighted by Crippen LogP contribution is 2.11. The Bertz CT molecular complexity index is 149. The molecule has 0 aromatic carbocycles. The Morgan fingerprint density at radius 3 is 2.46 bits per heavy atom. The Labute approximate surface area is 82.2 Å². The molecule has 0 saturated heterocycles. The van der Waals surface area contributed by atoms with Crippen LogP contribution in [0.2, 0.25) is 0 Å². The Morgan fingerprint density at radius 2 is 1.92 bits per heavy atom. The molecule has 0 aliphatic heterocycles. The van der Waals surface area contributed by atoms with Crippen molar-refractivity contribution in [2.45, 2.75) is 46.5 Å². The van der Waals surface area contributed by atoms with E-state index in [-0.39, 0.29) is 0 Å². The topological polar surface area (TPSA) is 17.1 Å². The van der Waals surface area contributed by atoms with Gasteiger partial charge in [0.1, 0.15) is 6.29 Å². The summed E-state index contributed by atoms with van der Waals surface area (Å²) in [5.74, 6) is 1.19. The summed E-state index contributed by atoms with van der Waals surface area (Å²) in [6.07, 6.45) is 9.72. The van der Waals surface area contributed by atoms with Crippen molar-refractivity contribution in [3.63, 3.8) is 0 Å². The maximum atomic E-state index is 10.2. The van der Waals surface area contributed by atoms with Crippen LogP contribution in [-0.4, -0.2) is 6.29 Å². The minimum absolute atomic E-state index is 0.409. The molecule has 0 fully saturated rings. The molecule has 1 heteroatoms. The highest BCUT2D eigenvalue weighted by atomic mass is 16.1. The lowest BCUT2D eigenvalue weighted by Gasteiger charge is -2.06. The van der Waals surface area contributed by atoms with Crippen LogP contribution in [0.4, 0.5) is 0 Å². The van der Waals surface area contributed by atoms with Crippen molar-refractivity contribution in [3.05, 3.63) is 12.2 Å². The van der Waals surface area contributed by atoms with E-state index >= 15 is 0 Å². The van der Waals surface area contributed by atoms with Crippen molar-refractivity contribution in [2.24, 2.45) is 11.8 Å². The maximum absolute atomic E-state index is 10.2. The standard InChI is InChI=1S/C12H22O/c1-4-6-11(2)7-5-8-12(3)9-10-13/h5,8,10-12H,4,6-7,9H2,1-3H3. The molecule has 13 heavy (non-hydrogen) atoms. The Morgan fingerprint density at radius 1 is 1.23 bits per heavy atom. The van der Waals surface area contributed by atoms with Crippen LogP contribution in [0.1, 0.15) is 46.5 Å². The predicted molar refractivity (Wildman–Crippen MR) is 57.7 cm³/mol. The van der Waals surface area contributed by atoms with Crippen LogP contribution in [0.15, 0.2) is 12.2 Å². The number of hydrogen-bond acceptors (Lipinski definition) is 1. The lowest BCUT2D eigenvalue weighted by Crippen LogP contribution is -1.93. The summed E-state index contributed by atoms with van der Waals surface area (Å²) in [6, 6.07) is 0. The van der Waals surface area contributed by atoms with Gasteiger partial charge in [0.2, 0.25) is 0 Å². The van der Waals surface area contributed by atoms with Crippen LogP contribution in [0, 0.1) is 11.8 Å². The number of rotatable bonds is 7. The molecule has 0 aliphatic rings. The molecule has 0 saturated carbocycles. The zero-order chi connectivity index (χ0) is 10.1. The van der Waals surface area contributed by atoms with Gasteiger partial charge < -0.3 is 4.79 Å². The van der Waals surface area contributed by atoms with E-state index in [1.54, 1.807) is 0 Å². The van der Waals surface area contributed by atoms with Crippen molar-refractivity contribution >= 4 is 6.29 Å². The highest BCUT2D eigenvalue weighted by molar-refractivity contribution is 5.50. The molecular weight excluding hydrogens is 160 g/mol. The molecule has 76 valence electrons. The smallest absolute Gasteiger partial charge is 0.120 e. The summed E-state index contributed by atoms with van der Waals surface area (Å²) in [5.41, 5.74) is 0. The first-order chi connectivity index (χ1) is 6.20. The van der Waals surface area contributed by atoms with Crippen molar-refractivity contribution in [2.75, 3.05) is 0 Å². The SMILES string of the molecule is CCCC(C)CC=CC(C)CC=O. The van der Waals surface area contributed by atoms with Gasteiger partial charge >= 0.3 is 0 Å². The molecule has 2 unspecified atom stereocenters. The average Bonchev–Trinajstić information content (AvgIpc) is 2.05. The van der Waals surface area contributed by atoms with E-state index < -0.39 is 0 Å². The van der Waals surface area contributed by atoms with E-state index in [4.69, 9.17) is 0 Å². The second-order valence-electron chi connectivity index (χ2n) is 3.94. The molecule has 1 nitrogen and oxygen atoms in total. The van der Waals surface area contributed by atoms with Crippen LogP contribution in [0.25, 0.3) is 0 Å². The maximum Gasteiger partial charge on any atom is 0.120 e. The molecule has 2 atom stereocenters. The molecule has 0 bridgehead atoms. The van der Waals surface area contributed by atoms with Gasteiger partial charge in [-0.15, -0.1) is 0 Å². The monoisotopic (exact) mass is 182 g/mol. The van der Waals surface area contributed by atoms with Crippen LogP contribution in [0.5, 0.6) is 0 Å². The number of carbonyl (C=O) groups is 1. The van der Waals surface area contributed by atoms with Crippen molar-refractivity contribution in [1.29, 1.82) is 0 Å². The fourth-order valence-electron chi connectivity index (χ4n) is 1.38. The van der Waals surface area contributed by atoms with E-state index in [0.717, 1.165) is 18.6 Å². The van der Waals surface area contributed by atoms with Crippen LogP contribution < -0.4 is 0 Å². The van der Waals surface area contributed by atoms with Gasteiger partial charge in [0.15, 0.2) is 0 Å². The van der Waals surface area contributed by atoms with E-state index in [2.05, 4.69) is 32.9 Å². The minimum atomic E-state index is 0.409. The zero-order valence-corrected chi connectivity index (χ0v) is 9.12. The average molecular weight is 182 g/mol. The summed E-state index contributed by atoms with van der Waals surface area (Å²) in [5, 5.41) is 0. The van der Waals surface area contributed by atoms with Gasteiger partial charge in [-0.25, -0.2) is 0 Å². The summed E-state index contributed by atoms with van der Waals surface area (Å²) < 4.78 is 0. The number of aldehydes is 1. The van der Waals surface area contributed by atoms with Gasteiger partial charge in [-0.05, 0) is 18.3 Å². The molecule has 0 aromatic rings. The summed E-state index contributed by atoms with van der Waals surface area (Å²) in [6.45, 7) is 6.57. The number of allylic oxidation sites excluding steroid dienone is 2. The fourth-order valence-corrected chi connectivity index (χ4v) is 1.38. The van der Waals surface area contributed by atoms with E-state index in [1.807, 2.05) is 0 Å². The van der Waals surface area contributed by atoms with Crippen molar-refractivity contribution < 1.29 is 4.79 Å². The third-order valence-electron chi connectivity index (χ3n) is 2.25. The molecule has 0 spiro atoms. The van der Waals surface area contributed by atoms with Gasteiger partial charge in [-0.2, -0.15) is 0 Å². The van der Waals surface area contributed by atoms with E-state index in [0.29, 0.717) is 12.3 Å². The molecule has 0 heterocycles. The third kappa shape index (κ3) is 7.76. The van der Waals surface area contributed by atoms with Crippen molar-refractivity contribution in [1.82, 2.24) is 0 Å². The second kappa shape index (κ2) is 8.03. The summed E-state index contributed by atoms with van der Waals surface area (Å²) in [7, 11) is 0. The lowest BCUT2D eigenvalue weighted by molar-refractivity contribution is -0.108.